The largest absolute Gasteiger partial charge is 0.401 e. The Morgan fingerprint density at radius 2 is 1.74 bits per heavy atom. The van der Waals surface area contributed by atoms with Gasteiger partial charge in [0, 0.05) is 43.6 Å². The van der Waals surface area contributed by atoms with Crippen LogP contribution < -0.4 is 15.5 Å². The van der Waals surface area contributed by atoms with E-state index in [0.29, 0.717) is 75.2 Å². The van der Waals surface area contributed by atoms with E-state index in [1.165, 1.54) is 4.90 Å². The van der Waals surface area contributed by atoms with Gasteiger partial charge in [0.2, 0.25) is 0 Å². The minimum Gasteiger partial charge on any atom is -0.378 e. The molecule has 0 radical (unpaired) electrons. The molecule has 6 rings (SSSR count). The minimum atomic E-state index is -4.21. The summed E-state index contributed by atoms with van der Waals surface area (Å²) in [6, 6.07) is 11.9. The molecule has 220 valence electrons. The zero-order chi connectivity index (χ0) is 29.1. The molecule has 0 unspecified atom stereocenters. The van der Waals surface area contributed by atoms with Gasteiger partial charge in [0.1, 0.15) is 11.6 Å². The molecule has 14 heteroatoms. The lowest BCUT2D eigenvalue weighted by molar-refractivity contribution is -0.148. The summed E-state index contributed by atoms with van der Waals surface area (Å²) in [7, 11) is 0. The number of piperidine rings is 1. The Balaban J connectivity index is 1.26. The van der Waals surface area contributed by atoms with Crippen molar-refractivity contribution in [1.29, 1.82) is 0 Å². The maximum Gasteiger partial charge on any atom is 0.401 e. The van der Waals surface area contributed by atoms with Crippen molar-refractivity contribution in [2.75, 3.05) is 61.5 Å². The number of aromatic nitrogens is 5. The molecule has 11 nitrogen and oxygen atoms in total. The number of anilines is 3. The standard InChI is InChI=1S/C28H30F3N9O2/c29-28(30,31)18-38-11-8-21(9-12-38)40-26-22(17-33-40)25(39-13-15-42-16-14-39)36-24(37-26)19-4-6-20(7-5-19)34-27(41)35-23-3-1-2-10-32-23/h1-7,10,17,21H,8-9,11-16,18H2,(H2,32,34,35,41). The van der Waals surface area contributed by atoms with Gasteiger partial charge in [0.25, 0.3) is 0 Å². The maximum absolute atomic E-state index is 12.9. The first-order valence-corrected chi connectivity index (χ1v) is 13.8. The number of hydrogen-bond donors (Lipinski definition) is 2. The van der Waals surface area contributed by atoms with Crippen LogP contribution >= 0.6 is 0 Å². The fourth-order valence-electron chi connectivity index (χ4n) is 5.32. The average Bonchev–Trinajstić information content (AvgIpc) is 3.42. The van der Waals surface area contributed by atoms with E-state index in [0.717, 1.165) is 16.8 Å². The predicted molar refractivity (Wildman–Crippen MR) is 151 cm³/mol. The number of ether oxygens (including phenoxy) is 1. The van der Waals surface area contributed by atoms with Crippen molar-refractivity contribution in [3.05, 3.63) is 54.9 Å². The first kappa shape index (κ1) is 27.8. The summed E-state index contributed by atoms with van der Waals surface area (Å²) >= 11 is 0. The van der Waals surface area contributed by atoms with Crippen LogP contribution in [0, 0.1) is 0 Å². The summed E-state index contributed by atoms with van der Waals surface area (Å²) in [5.41, 5.74) is 1.97. The zero-order valence-electron chi connectivity index (χ0n) is 22.7. The summed E-state index contributed by atoms with van der Waals surface area (Å²) in [5.74, 6) is 1.67. The van der Waals surface area contributed by atoms with Gasteiger partial charge in [-0.05, 0) is 49.2 Å². The number of halogens is 3. The Labute approximate surface area is 239 Å². The van der Waals surface area contributed by atoms with Crippen LogP contribution in [-0.4, -0.2) is 87.8 Å². The minimum absolute atomic E-state index is 0.0727. The SMILES string of the molecule is O=C(Nc1ccc(-c2nc(N3CCOCC3)c3cnn(C4CCN(CC(F)(F)F)CC4)c3n2)cc1)Nc1ccccn1. The number of nitrogens with zero attached hydrogens (tertiary/aromatic N) is 7. The summed E-state index contributed by atoms with van der Waals surface area (Å²) < 4.78 is 46.1. The van der Waals surface area contributed by atoms with Crippen LogP contribution in [0.1, 0.15) is 18.9 Å². The lowest BCUT2D eigenvalue weighted by Gasteiger charge is -2.32. The number of carbonyl (C=O) groups excluding carboxylic acids is 1. The van der Waals surface area contributed by atoms with Gasteiger partial charge < -0.3 is 15.0 Å². The lowest BCUT2D eigenvalue weighted by Crippen LogP contribution is -2.40. The normalized spacial score (nSPS) is 17.0. The highest BCUT2D eigenvalue weighted by atomic mass is 19.4. The third kappa shape index (κ3) is 6.44. The van der Waals surface area contributed by atoms with Crippen LogP contribution in [0.15, 0.2) is 54.9 Å². The molecule has 0 bridgehead atoms. The summed E-state index contributed by atoms with van der Waals surface area (Å²) in [6.07, 6.45) is 0.211. The fraction of sp³-hybridized carbons (Fsp3) is 0.393. The highest BCUT2D eigenvalue weighted by Crippen LogP contribution is 2.33. The van der Waals surface area contributed by atoms with Crippen LogP contribution in [0.4, 0.5) is 35.3 Å². The van der Waals surface area contributed by atoms with Crippen LogP contribution in [0.25, 0.3) is 22.4 Å². The van der Waals surface area contributed by atoms with Gasteiger partial charge in [-0.1, -0.05) is 6.07 Å². The van der Waals surface area contributed by atoms with Crippen molar-refractivity contribution in [2.45, 2.75) is 25.1 Å². The number of carbonyl (C=O) groups is 1. The Kier molecular flexibility index (Phi) is 7.89. The molecule has 5 heterocycles. The van der Waals surface area contributed by atoms with E-state index in [1.54, 1.807) is 42.7 Å². The molecule has 2 saturated heterocycles. The number of pyridine rings is 1. The molecule has 2 amide bonds. The Morgan fingerprint density at radius 3 is 2.43 bits per heavy atom. The van der Waals surface area contributed by atoms with Gasteiger partial charge >= 0.3 is 12.2 Å². The number of rotatable bonds is 6. The monoisotopic (exact) mass is 581 g/mol. The average molecular weight is 582 g/mol. The van der Waals surface area contributed by atoms with E-state index in [4.69, 9.17) is 14.7 Å². The molecule has 42 heavy (non-hydrogen) atoms. The first-order valence-electron chi connectivity index (χ1n) is 13.8. The molecule has 4 aromatic rings. The number of amides is 2. The Morgan fingerprint density at radius 1 is 0.976 bits per heavy atom. The van der Waals surface area contributed by atoms with Crippen molar-refractivity contribution in [2.24, 2.45) is 0 Å². The van der Waals surface area contributed by atoms with Crippen LogP contribution in [0.2, 0.25) is 0 Å². The van der Waals surface area contributed by atoms with Crippen LogP contribution in [-0.2, 0) is 4.74 Å². The van der Waals surface area contributed by atoms with Crippen LogP contribution in [0.5, 0.6) is 0 Å². The number of likely N-dealkylation sites (tertiary alicyclic amines) is 1. The molecule has 0 atom stereocenters. The second-order valence-electron chi connectivity index (χ2n) is 10.3. The van der Waals surface area contributed by atoms with Gasteiger partial charge in [-0.25, -0.2) is 24.4 Å². The van der Waals surface area contributed by atoms with Gasteiger partial charge in [-0.2, -0.15) is 18.3 Å². The molecular formula is C28H30F3N9O2. The number of morpholine rings is 1. The lowest BCUT2D eigenvalue weighted by atomic mass is 10.1. The van der Waals surface area contributed by atoms with E-state index in [2.05, 4.69) is 25.6 Å². The highest BCUT2D eigenvalue weighted by molar-refractivity contribution is 5.99. The van der Waals surface area contributed by atoms with Gasteiger partial charge in [0.15, 0.2) is 11.5 Å². The summed E-state index contributed by atoms with van der Waals surface area (Å²) in [4.78, 5) is 29.9. The van der Waals surface area contributed by atoms with Gasteiger partial charge in [0.05, 0.1) is 37.4 Å². The number of fused-ring (bicyclic) bond motifs is 1. The van der Waals surface area contributed by atoms with E-state index < -0.39 is 18.8 Å². The van der Waals surface area contributed by atoms with Crippen molar-refractivity contribution in [1.82, 2.24) is 29.6 Å². The van der Waals surface area contributed by atoms with Crippen molar-refractivity contribution in [3.63, 3.8) is 0 Å². The van der Waals surface area contributed by atoms with Crippen molar-refractivity contribution >= 4 is 34.4 Å². The molecule has 1 aromatic carbocycles. The molecular weight excluding hydrogens is 551 g/mol. The van der Waals surface area contributed by atoms with E-state index in [-0.39, 0.29) is 6.04 Å². The molecule has 3 aromatic heterocycles. The van der Waals surface area contributed by atoms with Crippen LogP contribution in [0.3, 0.4) is 0 Å². The molecule has 2 aliphatic heterocycles. The predicted octanol–water partition coefficient (Wildman–Crippen LogP) is 4.57. The number of nitrogens with one attached hydrogen (secondary N) is 2. The second kappa shape index (κ2) is 11.9. The smallest absolute Gasteiger partial charge is 0.378 e. The number of hydrogen-bond acceptors (Lipinski definition) is 8. The zero-order valence-corrected chi connectivity index (χ0v) is 22.7. The van der Waals surface area contributed by atoms with E-state index >= 15 is 0 Å². The first-order chi connectivity index (χ1) is 20.3. The van der Waals surface area contributed by atoms with Crippen molar-refractivity contribution in [3.8, 4) is 11.4 Å². The number of urea groups is 1. The Hall–Kier alpha value is -4.30. The molecule has 0 spiro atoms. The summed E-state index contributed by atoms with van der Waals surface area (Å²) in [6.45, 7) is 2.26. The Bertz CT molecular complexity index is 1520. The fourth-order valence-corrected chi connectivity index (χ4v) is 5.32. The number of alkyl halides is 3. The molecule has 2 fully saturated rings. The quantitative estimate of drug-likeness (QED) is 0.341. The second-order valence-corrected chi connectivity index (χ2v) is 10.3. The molecule has 0 saturated carbocycles. The maximum atomic E-state index is 12.9. The topological polar surface area (TPSA) is 113 Å². The third-order valence-corrected chi connectivity index (χ3v) is 7.36. The number of benzene rings is 1. The summed E-state index contributed by atoms with van der Waals surface area (Å²) in [5, 5.41) is 10.9. The van der Waals surface area contributed by atoms with Crippen molar-refractivity contribution < 1.29 is 22.7 Å². The highest BCUT2D eigenvalue weighted by Gasteiger charge is 2.33. The third-order valence-electron chi connectivity index (χ3n) is 7.36. The van der Waals surface area contributed by atoms with E-state index in [9.17, 15) is 18.0 Å². The van der Waals surface area contributed by atoms with Gasteiger partial charge in [-0.3, -0.25) is 10.2 Å². The molecule has 0 aliphatic carbocycles. The van der Waals surface area contributed by atoms with E-state index in [1.807, 2.05) is 16.8 Å². The molecule has 2 aliphatic rings. The molecule has 2 N–H and O–H groups in total. The van der Waals surface area contributed by atoms with Gasteiger partial charge in [-0.15, -0.1) is 0 Å².